The van der Waals surface area contributed by atoms with Crippen LogP contribution in [0, 0.1) is 17.0 Å². The molecule has 61 heavy (non-hydrogen) atoms. The summed E-state index contributed by atoms with van der Waals surface area (Å²) in [5.74, 6) is -2.82. The minimum Gasteiger partial charge on any atom is -0.484 e. The van der Waals surface area contributed by atoms with Gasteiger partial charge in [0.15, 0.2) is 13.2 Å². The highest BCUT2D eigenvalue weighted by atomic mass is 35.5. The SMILES string of the molecule is CC(C)(COP(=O)(OCc1ccccc1)OCc1ccccc1)CC(=O)O[C@H]1CC2(NC(=O)COc3ccc(Cl)c(F)c3)CCC1(NC(=O)COc1ccc(Cl)c(F)c1)CC2. The van der Waals surface area contributed by atoms with Crippen molar-refractivity contribution in [1.82, 2.24) is 10.6 Å². The van der Waals surface area contributed by atoms with Crippen molar-refractivity contribution in [2.45, 2.75) is 82.8 Å². The van der Waals surface area contributed by atoms with Gasteiger partial charge >= 0.3 is 13.8 Å². The lowest BCUT2D eigenvalue weighted by Gasteiger charge is -2.57. The minimum absolute atomic E-state index is 0.0451. The van der Waals surface area contributed by atoms with E-state index in [4.69, 9.17) is 51.0 Å². The molecule has 3 saturated carbocycles. The number of hydrogen-bond donors (Lipinski definition) is 2. The first-order chi connectivity index (χ1) is 29.0. The number of hydrogen-bond acceptors (Lipinski definition) is 10. The third-order valence-corrected chi connectivity index (χ3v) is 12.5. The van der Waals surface area contributed by atoms with E-state index in [0.29, 0.717) is 25.7 Å². The normalized spacial score (nSPS) is 19.8. The Kier molecular flexibility index (Phi) is 15.1. The molecule has 0 unspecified atom stereocenters. The van der Waals surface area contributed by atoms with Crippen LogP contribution in [0.5, 0.6) is 11.5 Å². The molecule has 2 amide bonds. The van der Waals surface area contributed by atoms with Crippen LogP contribution in [-0.4, -0.2) is 54.8 Å². The van der Waals surface area contributed by atoms with E-state index in [-0.39, 0.29) is 54.2 Å². The summed E-state index contributed by atoms with van der Waals surface area (Å²) >= 11 is 11.6. The maximum absolute atomic E-state index is 14.0. The van der Waals surface area contributed by atoms with Gasteiger partial charge in [-0.3, -0.25) is 28.0 Å². The molecule has 0 radical (unpaired) electrons. The Morgan fingerprint density at radius 2 is 1.21 bits per heavy atom. The molecule has 4 aromatic rings. The Morgan fingerprint density at radius 3 is 1.70 bits per heavy atom. The third kappa shape index (κ3) is 13.0. The van der Waals surface area contributed by atoms with Gasteiger partial charge in [-0.25, -0.2) is 13.3 Å². The largest absolute Gasteiger partial charge is 0.484 e. The van der Waals surface area contributed by atoms with Crippen molar-refractivity contribution in [2.75, 3.05) is 19.8 Å². The van der Waals surface area contributed by atoms with Crippen LogP contribution in [0.15, 0.2) is 97.1 Å². The number of benzene rings is 4. The second-order valence-corrected chi connectivity index (χ2v) is 18.5. The molecule has 326 valence electrons. The van der Waals surface area contributed by atoms with Gasteiger partial charge in [0.05, 0.1) is 41.8 Å². The van der Waals surface area contributed by atoms with E-state index in [0.717, 1.165) is 23.3 Å². The van der Waals surface area contributed by atoms with Gasteiger partial charge in [0.25, 0.3) is 11.8 Å². The number of nitrogens with one attached hydrogen (secondary N) is 2. The van der Waals surface area contributed by atoms with E-state index < -0.39 is 73.1 Å². The fraction of sp³-hybridized carbons (Fsp3) is 0.386. The summed E-state index contributed by atoms with van der Waals surface area (Å²) in [5, 5.41) is 5.88. The topological polar surface area (TPSA) is 148 Å². The molecule has 7 rings (SSSR count). The van der Waals surface area contributed by atoms with Gasteiger partial charge in [-0.2, -0.15) is 0 Å². The van der Waals surface area contributed by atoms with Crippen LogP contribution in [0.2, 0.25) is 10.0 Å². The molecule has 2 bridgehead atoms. The molecule has 0 aromatic heterocycles. The van der Waals surface area contributed by atoms with Crippen molar-refractivity contribution in [2.24, 2.45) is 5.41 Å². The predicted molar refractivity (Wildman–Crippen MR) is 223 cm³/mol. The predicted octanol–water partition coefficient (Wildman–Crippen LogP) is 9.30. The van der Waals surface area contributed by atoms with Gasteiger partial charge in [-0.15, -0.1) is 0 Å². The number of esters is 1. The summed E-state index contributed by atoms with van der Waals surface area (Å²) in [7, 11) is -4.16. The quantitative estimate of drug-likeness (QED) is 0.0650. The standard InChI is InChI=1S/C44H47Cl2F2N2O10P/c1-42(2,29-59-61(54,57-25-30-9-5-3-6-10-30)58-26-31-11-7-4-8-12-31)24-41(53)60-38-23-43(49-39(51)27-55-32-13-15-34(45)36(47)21-32)17-19-44(38,20-18-43)50-40(52)28-56-33-14-16-35(46)37(48)22-33/h3-16,21-22,38H,17-20,23-29H2,1-2H3,(H,49,51)(H,50,52)/t38-,43?,44?/m0/s1. The number of carbonyl (C=O) groups is 3. The number of phosphoric acid groups is 1. The second kappa shape index (κ2) is 20.1. The Labute approximate surface area is 363 Å². The van der Waals surface area contributed by atoms with Gasteiger partial charge in [0.2, 0.25) is 0 Å². The van der Waals surface area contributed by atoms with Crippen LogP contribution in [0.3, 0.4) is 0 Å². The Balaban J connectivity index is 1.12. The average Bonchev–Trinajstić information content (AvgIpc) is 3.24. The maximum Gasteiger partial charge on any atom is 0.475 e. The zero-order valence-electron chi connectivity index (χ0n) is 33.6. The molecule has 3 fully saturated rings. The molecule has 0 spiro atoms. The summed E-state index contributed by atoms with van der Waals surface area (Å²) in [6.07, 6.45) is 0.541. The number of fused-ring (bicyclic) bond motifs is 3. The summed E-state index contributed by atoms with van der Waals surface area (Å²) < 4.78 is 76.6. The third-order valence-electron chi connectivity index (χ3n) is 10.6. The number of rotatable bonds is 20. The highest BCUT2D eigenvalue weighted by Gasteiger charge is 2.57. The molecule has 0 heterocycles. The number of carbonyl (C=O) groups excluding carboxylic acids is 3. The molecule has 17 heteroatoms. The molecular weight excluding hydrogens is 856 g/mol. The zero-order valence-corrected chi connectivity index (χ0v) is 36.0. The van der Waals surface area contributed by atoms with E-state index in [2.05, 4.69) is 10.6 Å². The first kappa shape index (κ1) is 46.0. The van der Waals surface area contributed by atoms with E-state index in [1.54, 1.807) is 13.8 Å². The van der Waals surface area contributed by atoms with Crippen LogP contribution in [0.1, 0.15) is 63.5 Å². The van der Waals surface area contributed by atoms with Gasteiger partial charge in [-0.05, 0) is 66.5 Å². The van der Waals surface area contributed by atoms with Gasteiger partial charge < -0.3 is 24.8 Å². The Morgan fingerprint density at radius 1 is 0.721 bits per heavy atom. The Hall–Kier alpha value is -4.56. The number of halogens is 4. The minimum atomic E-state index is -4.16. The van der Waals surface area contributed by atoms with E-state index >= 15 is 0 Å². The highest BCUT2D eigenvalue weighted by Crippen LogP contribution is 2.53. The van der Waals surface area contributed by atoms with Crippen LogP contribution in [0.25, 0.3) is 0 Å². The smallest absolute Gasteiger partial charge is 0.475 e. The second-order valence-electron chi connectivity index (χ2n) is 16.0. The van der Waals surface area contributed by atoms with Crippen molar-refractivity contribution < 1.29 is 55.5 Å². The van der Waals surface area contributed by atoms with Crippen molar-refractivity contribution in [3.63, 3.8) is 0 Å². The molecule has 3 aliphatic rings. The van der Waals surface area contributed by atoms with Crippen molar-refractivity contribution in [3.05, 3.63) is 130 Å². The van der Waals surface area contributed by atoms with Crippen molar-refractivity contribution in [1.29, 1.82) is 0 Å². The molecule has 2 N–H and O–H groups in total. The van der Waals surface area contributed by atoms with Crippen molar-refractivity contribution >= 4 is 48.8 Å². The van der Waals surface area contributed by atoms with E-state index in [1.165, 1.54) is 24.3 Å². The fourth-order valence-electron chi connectivity index (χ4n) is 7.33. The lowest BCUT2D eigenvalue weighted by molar-refractivity contribution is -0.169. The lowest BCUT2D eigenvalue weighted by atomic mass is 9.59. The first-order valence-corrected chi connectivity index (χ1v) is 21.8. The average molecular weight is 904 g/mol. The Bertz CT molecular complexity index is 2160. The molecule has 0 aliphatic heterocycles. The van der Waals surface area contributed by atoms with Crippen LogP contribution >= 0.6 is 31.0 Å². The maximum atomic E-state index is 14.0. The monoisotopic (exact) mass is 902 g/mol. The number of ether oxygens (including phenoxy) is 3. The summed E-state index contributed by atoms with van der Waals surface area (Å²) in [5.41, 5.74) is -1.29. The molecule has 12 nitrogen and oxygen atoms in total. The summed E-state index contributed by atoms with van der Waals surface area (Å²) in [4.78, 5) is 40.4. The number of amides is 2. The van der Waals surface area contributed by atoms with Crippen LogP contribution in [-0.2, 0) is 50.5 Å². The molecule has 1 atom stereocenters. The van der Waals surface area contributed by atoms with Crippen LogP contribution in [0.4, 0.5) is 8.78 Å². The molecular formula is C44H47Cl2F2N2O10P. The number of phosphoric ester groups is 1. The summed E-state index contributed by atoms with van der Waals surface area (Å²) in [6.45, 7) is 2.30. The molecule has 0 saturated heterocycles. The zero-order chi connectivity index (χ0) is 43.7. The highest BCUT2D eigenvalue weighted by molar-refractivity contribution is 7.48. The van der Waals surface area contributed by atoms with Gasteiger partial charge in [-0.1, -0.05) is 97.7 Å². The lowest BCUT2D eigenvalue weighted by Crippen LogP contribution is -2.71. The van der Waals surface area contributed by atoms with Gasteiger partial charge in [0, 0.05) is 24.1 Å². The summed E-state index contributed by atoms with van der Waals surface area (Å²) in [6, 6.07) is 25.9. The first-order valence-electron chi connectivity index (χ1n) is 19.6. The van der Waals surface area contributed by atoms with E-state index in [9.17, 15) is 27.7 Å². The molecule has 3 aliphatic carbocycles. The van der Waals surface area contributed by atoms with Crippen LogP contribution < -0.4 is 20.1 Å². The fourth-order valence-corrected chi connectivity index (χ4v) is 8.91. The van der Waals surface area contributed by atoms with Gasteiger partial charge in [0.1, 0.15) is 29.2 Å². The van der Waals surface area contributed by atoms with Crippen molar-refractivity contribution in [3.8, 4) is 11.5 Å². The molecule has 4 aromatic carbocycles. The van der Waals surface area contributed by atoms with E-state index in [1.807, 2.05) is 60.7 Å².